The lowest BCUT2D eigenvalue weighted by Crippen LogP contribution is -2.05. The average molecular weight is 263 g/mol. The van der Waals surface area contributed by atoms with Crippen LogP contribution in [0.5, 0.6) is 0 Å². The summed E-state index contributed by atoms with van der Waals surface area (Å²) in [4.78, 5) is 4.11. The van der Waals surface area contributed by atoms with Crippen LogP contribution in [0, 0.1) is 6.92 Å². The molecular formula is C11H10ClF3N2. The number of benzene rings is 1. The molecule has 0 spiro atoms. The first-order chi connectivity index (χ1) is 7.93. The number of fused-ring (bicyclic) bond motifs is 1. The molecular weight excluding hydrogens is 253 g/mol. The van der Waals surface area contributed by atoms with Crippen LogP contribution in [-0.4, -0.2) is 15.4 Å². The summed E-state index contributed by atoms with van der Waals surface area (Å²) >= 11 is 5.64. The van der Waals surface area contributed by atoms with Gasteiger partial charge in [0.2, 0.25) is 0 Å². The van der Waals surface area contributed by atoms with Gasteiger partial charge in [-0.15, -0.1) is 11.6 Å². The summed E-state index contributed by atoms with van der Waals surface area (Å²) in [6.07, 6.45) is -4.33. The number of aryl methyl sites for hydroxylation is 2. The molecule has 6 heteroatoms. The minimum absolute atomic E-state index is 0.349. The van der Waals surface area contributed by atoms with Gasteiger partial charge in [0.25, 0.3) is 0 Å². The van der Waals surface area contributed by atoms with Crippen LogP contribution >= 0.6 is 11.6 Å². The Bertz CT molecular complexity index is 545. The molecule has 0 unspecified atom stereocenters. The lowest BCUT2D eigenvalue weighted by molar-refractivity contribution is -0.137. The summed E-state index contributed by atoms with van der Waals surface area (Å²) in [6.45, 7) is 2.29. The predicted molar refractivity (Wildman–Crippen MR) is 60.2 cm³/mol. The molecule has 0 aliphatic rings. The number of hydrogen-bond acceptors (Lipinski definition) is 1. The highest BCUT2D eigenvalue weighted by Crippen LogP contribution is 2.31. The van der Waals surface area contributed by atoms with Crippen LogP contribution in [0.4, 0.5) is 13.2 Å². The standard InChI is InChI=1S/C11H10ClF3N2/c1-7-16-9-6-8(11(13,14)15)2-3-10(9)17(7)5-4-12/h2-3,6H,4-5H2,1H3. The zero-order valence-corrected chi connectivity index (χ0v) is 9.81. The molecule has 92 valence electrons. The van der Waals surface area contributed by atoms with Crippen molar-refractivity contribution in [3.63, 3.8) is 0 Å². The Kier molecular flexibility index (Phi) is 3.03. The Morgan fingerprint density at radius 2 is 2.06 bits per heavy atom. The first-order valence-corrected chi connectivity index (χ1v) is 5.57. The quantitative estimate of drug-likeness (QED) is 0.756. The molecule has 2 aromatic rings. The number of hydrogen-bond donors (Lipinski definition) is 0. The van der Waals surface area contributed by atoms with Crippen molar-refractivity contribution in [2.75, 3.05) is 5.88 Å². The van der Waals surface area contributed by atoms with E-state index in [4.69, 9.17) is 11.6 Å². The molecule has 17 heavy (non-hydrogen) atoms. The fourth-order valence-electron chi connectivity index (χ4n) is 1.79. The highest BCUT2D eigenvalue weighted by molar-refractivity contribution is 6.17. The van der Waals surface area contributed by atoms with Crippen LogP contribution in [0.2, 0.25) is 0 Å². The fourth-order valence-corrected chi connectivity index (χ4v) is 1.96. The monoisotopic (exact) mass is 262 g/mol. The number of aromatic nitrogens is 2. The lowest BCUT2D eigenvalue weighted by Gasteiger charge is -2.07. The maximum absolute atomic E-state index is 12.5. The molecule has 1 aromatic heterocycles. The second-order valence-electron chi connectivity index (χ2n) is 3.70. The van der Waals surface area contributed by atoms with E-state index in [1.165, 1.54) is 6.07 Å². The van der Waals surface area contributed by atoms with Crippen LogP contribution in [-0.2, 0) is 12.7 Å². The molecule has 2 nitrogen and oxygen atoms in total. The van der Waals surface area contributed by atoms with Crippen molar-refractivity contribution in [3.05, 3.63) is 29.6 Å². The van der Waals surface area contributed by atoms with Crippen LogP contribution in [0.25, 0.3) is 11.0 Å². The van der Waals surface area contributed by atoms with Gasteiger partial charge in [0.05, 0.1) is 16.6 Å². The molecule has 0 radical (unpaired) electrons. The van der Waals surface area contributed by atoms with Crippen LogP contribution < -0.4 is 0 Å². The van der Waals surface area contributed by atoms with Crippen molar-refractivity contribution in [1.29, 1.82) is 0 Å². The van der Waals surface area contributed by atoms with E-state index in [0.717, 1.165) is 12.1 Å². The van der Waals surface area contributed by atoms with Crippen LogP contribution in [0.15, 0.2) is 18.2 Å². The normalized spacial score (nSPS) is 12.3. The fraction of sp³-hybridized carbons (Fsp3) is 0.364. The number of halogens is 4. The van der Waals surface area contributed by atoms with Crippen molar-refractivity contribution in [1.82, 2.24) is 9.55 Å². The summed E-state index contributed by atoms with van der Waals surface area (Å²) in [6, 6.07) is 3.56. The van der Waals surface area contributed by atoms with Gasteiger partial charge in [-0.2, -0.15) is 13.2 Å². The molecule has 2 rings (SSSR count). The Morgan fingerprint density at radius 1 is 1.35 bits per heavy atom. The van der Waals surface area contributed by atoms with Gasteiger partial charge in [-0.25, -0.2) is 4.98 Å². The van der Waals surface area contributed by atoms with Crippen molar-refractivity contribution in [3.8, 4) is 0 Å². The minimum atomic E-state index is -4.33. The first-order valence-electron chi connectivity index (χ1n) is 5.03. The van der Waals surface area contributed by atoms with E-state index in [0.29, 0.717) is 29.3 Å². The van der Waals surface area contributed by atoms with Crippen LogP contribution in [0.3, 0.4) is 0 Å². The Hall–Kier alpha value is -1.23. The maximum Gasteiger partial charge on any atom is 0.416 e. The van der Waals surface area contributed by atoms with Gasteiger partial charge in [0.15, 0.2) is 0 Å². The molecule has 0 N–H and O–H groups in total. The summed E-state index contributed by atoms with van der Waals surface area (Å²) in [5, 5.41) is 0. The predicted octanol–water partition coefficient (Wildman–Crippen LogP) is 3.60. The first kappa shape index (κ1) is 12.2. The Balaban J connectivity index is 2.58. The van der Waals surface area contributed by atoms with E-state index in [-0.39, 0.29) is 0 Å². The second-order valence-corrected chi connectivity index (χ2v) is 4.08. The van der Waals surface area contributed by atoms with Crippen molar-refractivity contribution in [2.24, 2.45) is 0 Å². The van der Waals surface area contributed by atoms with E-state index in [9.17, 15) is 13.2 Å². The molecule has 0 amide bonds. The van der Waals surface area contributed by atoms with Gasteiger partial charge in [-0.05, 0) is 25.1 Å². The van der Waals surface area contributed by atoms with Crippen LogP contribution in [0.1, 0.15) is 11.4 Å². The van der Waals surface area contributed by atoms with E-state index < -0.39 is 11.7 Å². The lowest BCUT2D eigenvalue weighted by atomic mass is 10.2. The topological polar surface area (TPSA) is 17.8 Å². The van der Waals surface area contributed by atoms with E-state index >= 15 is 0 Å². The number of imidazole rings is 1. The molecule has 1 heterocycles. The van der Waals surface area contributed by atoms with E-state index in [1.54, 1.807) is 6.92 Å². The Morgan fingerprint density at radius 3 is 2.65 bits per heavy atom. The number of rotatable bonds is 2. The highest BCUT2D eigenvalue weighted by atomic mass is 35.5. The SMILES string of the molecule is Cc1nc2cc(C(F)(F)F)ccc2n1CCCl. The van der Waals surface area contributed by atoms with Crippen molar-refractivity contribution >= 4 is 22.6 Å². The molecule has 0 aliphatic carbocycles. The third-order valence-electron chi connectivity index (χ3n) is 2.57. The molecule has 0 saturated carbocycles. The smallest absolute Gasteiger partial charge is 0.327 e. The summed E-state index contributed by atoms with van der Waals surface area (Å²) < 4.78 is 39.4. The molecule has 0 atom stereocenters. The molecule has 0 aliphatic heterocycles. The third kappa shape index (κ3) is 2.24. The van der Waals surface area contributed by atoms with E-state index in [2.05, 4.69) is 4.98 Å². The Labute approximate surface area is 101 Å². The molecule has 1 aromatic carbocycles. The third-order valence-corrected chi connectivity index (χ3v) is 2.74. The molecule has 0 fully saturated rings. The summed E-state index contributed by atoms with van der Waals surface area (Å²) in [7, 11) is 0. The summed E-state index contributed by atoms with van der Waals surface area (Å²) in [5.74, 6) is 1.06. The summed E-state index contributed by atoms with van der Waals surface area (Å²) in [5.41, 5.74) is 0.346. The number of nitrogens with zero attached hydrogens (tertiary/aromatic N) is 2. The van der Waals surface area contributed by atoms with Gasteiger partial charge in [-0.1, -0.05) is 0 Å². The largest absolute Gasteiger partial charge is 0.416 e. The van der Waals surface area contributed by atoms with Gasteiger partial charge in [-0.3, -0.25) is 0 Å². The van der Waals surface area contributed by atoms with Gasteiger partial charge < -0.3 is 4.57 Å². The average Bonchev–Trinajstić information content (AvgIpc) is 2.54. The minimum Gasteiger partial charge on any atom is -0.327 e. The number of alkyl halides is 4. The zero-order valence-electron chi connectivity index (χ0n) is 9.05. The van der Waals surface area contributed by atoms with Gasteiger partial charge in [0, 0.05) is 12.4 Å². The highest BCUT2D eigenvalue weighted by Gasteiger charge is 2.30. The second kappa shape index (κ2) is 4.22. The molecule has 0 saturated heterocycles. The van der Waals surface area contributed by atoms with Crippen molar-refractivity contribution < 1.29 is 13.2 Å². The van der Waals surface area contributed by atoms with Gasteiger partial charge in [0.1, 0.15) is 5.82 Å². The zero-order chi connectivity index (χ0) is 12.6. The van der Waals surface area contributed by atoms with Crippen molar-refractivity contribution in [2.45, 2.75) is 19.6 Å². The maximum atomic E-state index is 12.5. The van der Waals surface area contributed by atoms with E-state index in [1.807, 2.05) is 4.57 Å². The molecule has 0 bridgehead atoms. The van der Waals surface area contributed by atoms with Gasteiger partial charge >= 0.3 is 6.18 Å².